The van der Waals surface area contributed by atoms with Gasteiger partial charge in [0, 0.05) is 24.5 Å². The van der Waals surface area contributed by atoms with Crippen LogP contribution in [-0.4, -0.2) is 10.9 Å². The maximum atomic E-state index is 14.4. The van der Waals surface area contributed by atoms with E-state index in [2.05, 4.69) is 4.98 Å². The molecule has 0 saturated heterocycles. The number of nitrogens with zero attached hydrogens (tertiary/aromatic N) is 2. The molecule has 0 atom stereocenters. The molecule has 0 aliphatic heterocycles. The van der Waals surface area contributed by atoms with E-state index in [0.29, 0.717) is 28.0 Å². The molecular weight excluding hydrogens is 426 g/mol. The lowest BCUT2D eigenvalue weighted by Gasteiger charge is -2.22. The van der Waals surface area contributed by atoms with Crippen molar-refractivity contribution in [1.82, 2.24) is 4.98 Å². The van der Waals surface area contributed by atoms with E-state index in [-0.39, 0.29) is 31.0 Å². The fourth-order valence-corrected chi connectivity index (χ4v) is 3.36. The Morgan fingerprint density at radius 2 is 1.94 bits per heavy atom. The van der Waals surface area contributed by atoms with Crippen LogP contribution in [0, 0.1) is 11.6 Å². The Hall–Kier alpha value is -3.45. The summed E-state index contributed by atoms with van der Waals surface area (Å²) >= 11 is 6.18. The standard InChI is InChI=1S/C23H17ClF2N2O3/c24-18-6-2-1-5-17(18)21-13-27-22(31-21)9-10-23(29)28(14-16-4-3-11-30-16)20-8-7-15(25)12-19(20)26/h1-8,11-13H,9-10,14H2. The number of hydrogen-bond donors (Lipinski definition) is 0. The van der Waals surface area contributed by atoms with Gasteiger partial charge in [0.15, 0.2) is 11.7 Å². The van der Waals surface area contributed by atoms with Gasteiger partial charge in [-0.05, 0) is 36.4 Å². The molecule has 4 aromatic rings. The number of furan rings is 1. The Kier molecular flexibility index (Phi) is 6.13. The molecular formula is C23H17ClF2N2O3. The molecule has 5 nitrogen and oxygen atoms in total. The summed E-state index contributed by atoms with van der Waals surface area (Å²) < 4.78 is 38.7. The largest absolute Gasteiger partial charge is 0.467 e. The molecule has 0 saturated carbocycles. The normalized spacial score (nSPS) is 10.9. The lowest BCUT2D eigenvalue weighted by molar-refractivity contribution is -0.118. The maximum absolute atomic E-state index is 14.4. The van der Waals surface area contributed by atoms with Crippen LogP contribution in [0.25, 0.3) is 11.3 Å². The summed E-state index contributed by atoms with van der Waals surface area (Å²) in [5.41, 5.74) is 0.661. The van der Waals surface area contributed by atoms with Crippen molar-refractivity contribution in [2.45, 2.75) is 19.4 Å². The molecule has 1 amide bonds. The molecule has 2 aromatic carbocycles. The van der Waals surface area contributed by atoms with Gasteiger partial charge in [-0.1, -0.05) is 23.7 Å². The molecule has 4 rings (SSSR count). The summed E-state index contributed by atoms with van der Waals surface area (Å²) in [7, 11) is 0. The molecule has 8 heteroatoms. The third-order valence-electron chi connectivity index (χ3n) is 4.64. The van der Waals surface area contributed by atoms with E-state index < -0.39 is 11.6 Å². The topological polar surface area (TPSA) is 59.5 Å². The Labute approximate surface area is 181 Å². The number of anilines is 1. The highest BCUT2D eigenvalue weighted by molar-refractivity contribution is 6.33. The van der Waals surface area contributed by atoms with Crippen LogP contribution in [0.15, 0.2) is 75.9 Å². The summed E-state index contributed by atoms with van der Waals surface area (Å²) in [6, 6.07) is 13.6. The first-order valence-corrected chi connectivity index (χ1v) is 9.86. The molecule has 2 heterocycles. The lowest BCUT2D eigenvalue weighted by atomic mass is 10.2. The summed E-state index contributed by atoms with van der Waals surface area (Å²) in [5.74, 6) is -0.643. The molecule has 0 fully saturated rings. The van der Waals surface area contributed by atoms with Gasteiger partial charge in [0.2, 0.25) is 5.91 Å². The quantitative estimate of drug-likeness (QED) is 0.350. The van der Waals surface area contributed by atoms with Gasteiger partial charge in [-0.3, -0.25) is 4.79 Å². The van der Waals surface area contributed by atoms with Gasteiger partial charge in [0.1, 0.15) is 17.4 Å². The van der Waals surface area contributed by atoms with Gasteiger partial charge in [-0.25, -0.2) is 13.8 Å². The molecule has 0 unspecified atom stereocenters. The number of halogens is 3. The molecule has 0 aliphatic rings. The van der Waals surface area contributed by atoms with Crippen molar-refractivity contribution >= 4 is 23.2 Å². The van der Waals surface area contributed by atoms with Gasteiger partial charge in [-0.2, -0.15) is 0 Å². The number of hydrogen-bond acceptors (Lipinski definition) is 4. The van der Waals surface area contributed by atoms with Crippen LogP contribution in [0.5, 0.6) is 0 Å². The highest BCUT2D eigenvalue weighted by Crippen LogP contribution is 2.28. The van der Waals surface area contributed by atoms with Gasteiger partial charge < -0.3 is 13.7 Å². The van der Waals surface area contributed by atoms with E-state index in [1.54, 1.807) is 30.5 Å². The monoisotopic (exact) mass is 442 g/mol. The minimum atomic E-state index is -0.836. The number of oxazole rings is 1. The molecule has 0 N–H and O–H groups in total. The zero-order chi connectivity index (χ0) is 21.8. The van der Waals surface area contributed by atoms with Crippen LogP contribution in [0.1, 0.15) is 18.1 Å². The van der Waals surface area contributed by atoms with E-state index >= 15 is 0 Å². The van der Waals surface area contributed by atoms with E-state index in [0.717, 1.165) is 12.1 Å². The summed E-state index contributed by atoms with van der Waals surface area (Å²) in [4.78, 5) is 18.4. The number of aryl methyl sites for hydroxylation is 1. The van der Waals surface area contributed by atoms with E-state index in [4.69, 9.17) is 20.4 Å². The van der Waals surface area contributed by atoms with Crippen LogP contribution in [0.2, 0.25) is 5.02 Å². The van der Waals surface area contributed by atoms with Crippen molar-refractivity contribution in [3.8, 4) is 11.3 Å². The number of rotatable bonds is 7. The first-order valence-electron chi connectivity index (χ1n) is 9.48. The number of carbonyl (C=O) groups excluding carboxylic acids is 1. The predicted molar refractivity (Wildman–Crippen MR) is 112 cm³/mol. The molecule has 158 valence electrons. The Morgan fingerprint density at radius 3 is 2.68 bits per heavy atom. The number of aromatic nitrogens is 1. The fourth-order valence-electron chi connectivity index (χ4n) is 3.13. The number of carbonyl (C=O) groups is 1. The van der Waals surface area contributed by atoms with Crippen molar-refractivity contribution in [2.75, 3.05) is 4.90 Å². The van der Waals surface area contributed by atoms with Crippen LogP contribution in [0.3, 0.4) is 0 Å². The minimum absolute atomic E-state index is 0.000000157. The smallest absolute Gasteiger partial charge is 0.228 e. The Morgan fingerprint density at radius 1 is 1.10 bits per heavy atom. The minimum Gasteiger partial charge on any atom is -0.467 e. The maximum Gasteiger partial charge on any atom is 0.228 e. The summed E-state index contributed by atoms with van der Waals surface area (Å²) in [6.45, 7) is 0.00480. The van der Waals surface area contributed by atoms with Crippen molar-refractivity contribution in [1.29, 1.82) is 0 Å². The summed E-state index contributed by atoms with van der Waals surface area (Å²) in [6.07, 6.45) is 3.20. The molecule has 2 aromatic heterocycles. The highest BCUT2D eigenvalue weighted by Gasteiger charge is 2.22. The van der Waals surface area contributed by atoms with E-state index in [1.807, 2.05) is 12.1 Å². The number of amides is 1. The Balaban J connectivity index is 1.51. The van der Waals surface area contributed by atoms with Gasteiger partial charge >= 0.3 is 0 Å². The predicted octanol–water partition coefficient (Wildman–Crippen LogP) is 6.03. The molecule has 0 aliphatic carbocycles. The zero-order valence-electron chi connectivity index (χ0n) is 16.2. The van der Waals surface area contributed by atoms with E-state index in [1.165, 1.54) is 17.2 Å². The molecule has 31 heavy (non-hydrogen) atoms. The number of benzene rings is 2. The van der Waals surface area contributed by atoms with Gasteiger partial charge in [-0.15, -0.1) is 0 Å². The van der Waals surface area contributed by atoms with Crippen molar-refractivity contribution in [3.63, 3.8) is 0 Å². The van der Waals surface area contributed by atoms with Crippen LogP contribution < -0.4 is 4.90 Å². The van der Waals surface area contributed by atoms with Gasteiger partial charge in [0.25, 0.3) is 0 Å². The zero-order valence-corrected chi connectivity index (χ0v) is 17.0. The SMILES string of the molecule is O=C(CCc1ncc(-c2ccccc2Cl)o1)N(Cc1ccco1)c1ccc(F)cc1F. The van der Waals surface area contributed by atoms with Crippen LogP contribution >= 0.6 is 11.6 Å². The fraction of sp³-hybridized carbons (Fsp3) is 0.130. The molecule has 0 radical (unpaired) electrons. The second kappa shape index (κ2) is 9.14. The summed E-state index contributed by atoms with van der Waals surface area (Å²) in [5, 5.41) is 0.526. The molecule has 0 bridgehead atoms. The second-order valence-corrected chi connectivity index (χ2v) is 7.16. The average molecular weight is 443 g/mol. The van der Waals surface area contributed by atoms with Crippen LogP contribution in [-0.2, 0) is 17.8 Å². The molecule has 0 spiro atoms. The lowest BCUT2D eigenvalue weighted by Crippen LogP contribution is -2.31. The second-order valence-electron chi connectivity index (χ2n) is 6.75. The average Bonchev–Trinajstić information content (AvgIpc) is 3.43. The first kappa shape index (κ1) is 20.8. The Bertz CT molecular complexity index is 1190. The highest BCUT2D eigenvalue weighted by atomic mass is 35.5. The van der Waals surface area contributed by atoms with Crippen molar-refractivity contribution < 1.29 is 22.4 Å². The third-order valence-corrected chi connectivity index (χ3v) is 4.97. The third kappa shape index (κ3) is 4.83. The van der Waals surface area contributed by atoms with Crippen molar-refractivity contribution in [2.24, 2.45) is 0 Å². The van der Waals surface area contributed by atoms with Gasteiger partial charge in [0.05, 0.1) is 29.7 Å². The van der Waals surface area contributed by atoms with Crippen LogP contribution in [0.4, 0.5) is 14.5 Å². The first-order chi connectivity index (χ1) is 15.0. The van der Waals surface area contributed by atoms with E-state index in [9.17, 15) is 13.6 Å². The van der Waals surface area contributed by atoms with Crippen molar-refractivity contribution in [3.05, 3.63) is 95.4 Å².